The number of likely N-dealkylation sites (tertiary alicyclic amines) is 1. The smallest absolute Gasteiger partial charge is 0.422 e. The lowest BCUT2D eigenvalue weighted by molar-refractivity contribution is -0.154. The molecular formula is C20H19F4N3O3. The topological polar surface area (TPSA) is 71.5 Å². The van der Waals surface area contributed by atoms with E-state index in [4.69, 9.17) is 0 Å². The fourth-order valence-corrected chi connectivity index (χ4v) is 3.06. The number of carbonyl (C=O) groups is 2. The lowest BCUT2D eigenvalue weighted by atomic mass is 9.95. The minimum absolute atomic E-state index is 0.196. The van der Waals surface area contributed by atoms with Crippen LogP contribution in [0.1, 0.15) is 23.2 Å². The minimum atomic E-state index is -4.46. The normalized spacial score (nSPS) is 15.0. The van der Waals surface area contributed by atoms with E-state index < -0.39 is 18.6 Å². The van der Waals surface area contributed by atoms with Gasteiger partial charge in [0.2, 0.25) is 11.8 Å². The lowest BCUT2D eigenvalue weighted by Gasteiger charge is -2.31. The van der Waals surface area contributed by atoms with Crippen LogP contribution in [-0.4, -0.2) is 47.6 Å². The van der Waals surface area contributed by atoms with E-state index in [1.54, 1.807) is 4.90 Å². The molecule has 160 valence electrons. The number of halogens is 4. The molecule has 0 saturated carbocycles. The van der Waals surface area contributed by atoms with Crippen molar-refractivity contribution in [1.82, 2.24) is 9.88 Å². The molecular weight excluding hydrogens is 406 g/mol. The number of ether oxygens (including phenoxy) is 1. The van der Waals surface area contributed by atoms with Crippen LogP contribution in [0.5, 0.6) is 5.88 Å². The number of hydrogen-bond donors (Lipinski definition) is 1. The SMILES string of the molecule is O=C(Nc1ccc(OCC(F)(F)F)nc1)C1CCN(C(=O)c2ccc(F)cc2)CC1. The van der Waals surface area contributed by atoms with E-state index >= 15 is 0 Å². The zero-order valence-electron chi connectivity index (χ0n) is 15.8. The predicted octanol–water partition coefficient (Wildman–Crippen LogP) is 3.65. The lowest BCUT2D eigenvalue weighted by Crippen LogP contribution is -2.41. The molecule has 1 aliphatic rings. The Morgan fingerprint density at radius 2 is 1.77 bits per heavy atom. The molecule has 0 radical (unpaired) electrons. The van der Waals surface area contributed by atoms with Gasteiger partial charge in [-0.05, 0) is 43.2 Å². The molecule has 1 aromatic carbocycles. The second-order valence-corrected chi connectivity index (χ2v) is 6.85. The number of rotatable bonds is 5. The second-order valence-electron chi connectivity index (χ2n) is 6.85. The molecule has 0 atom stereocenters. The average molecular weight is 425 g/mol. The summed E-state index contributed by atoms with van der Waals surface area (Å²) in [5.74, 6) is -1.40. The van der Waals surface area contributed by atoms with Gasteiger partial charge in [-0.1, -0.05) is 0 Å². The van der Waals surface area contributed by atoms with Crippen LogP contribution in [0.15, 0.2) is 42.6 Å². The number of piperidine rings is 1. The monoisotopic (exact) mass is 425 g/mol. The standard InChI is InChI=1S/C20H19F4N3O3/c21-15-3-1-14(2-4-15)19(29)27-9-7-13(8-10-27)18(28)26-16-5-6-17(25-11-16)30-12-20(22,23)24/h1-6,11,13H,7-10,12H2,(H,26,28). The Kier molecular flexibility index (Phi) is 6.53. The highest BCUT2D eigenvalue weighted by atomic mass is 19.4. The molecule has 0 unspecified atom stereocenters. The summed E-state index contributed by atoms with van der Waals surface area (Å²) in [5, 5.41) is 2.67. The van der Waals surface area contributed by atoms with E-state index in [-0.39, 0.29) is 23.6 Å². The van der Waals surface area contributed by atoms with Crippen LogP contribution in [0, 0.1) is 11.7 Å². The fraction of sp³-hybridized carbons (Fsp3) is 0.350. The molecule has 0 aliphatic carbocycles. The van der Waals surface area contributed by atoms with E-state index in [0.717, 1.165) is 0 Å². The van der Waals surface area contributed by atoms with Crippen molar-refractivity contribution in [2.24, 2.45) is 5.92 Å². The summed E-state index contributed by atoms with van der Waals surface area (Å²) in [7, 11) is 0. The maximum atomic E-state index is 13.0. The van der Waals surface area contributed by atoms with Gasteiger partial charge < -0.3 is 15.0 Å². The molecule has 1 N–H and O–H groups in total. The van der Waals surface area contributed by atoms with Gasteiger partial charge in [0.1, 0.15) is 5.82 Å². The van der Waals surface area contributed by atoms with Gasteiger partial charge >= 0.3 is 6.18 Å². The highest BCUT2D eigenvalue weighted by Crippen LogP contribution is 2.22. The van der Waals surface area contributed by atoms with Crippen LogP contribution < -0.4 is 10.1 Å². The van der Waals surface area contributed by atoms with Crippen molar-refractivity contribution in [2.45, 2.75) is 19.0 Å². The Balaban J connectivity index is 1.48. The number of alkyl halides is 3. The molecule has 30 heavy (non-hydrogen) atoms. The molecule has 3 rings (SSSR count). The number of carbonyl (C=O) groups excluding carboxylic acids is 2. The molecule has 2 amide bonds. The molecule has 6 nitrogen and oxygen atoms in total. The first-order chi connectivity index (χ1) is 14.2. The Morgan fingerprint density at radius 1 is 1.10 bits per heavy atom. The molecule has 1 fully saturated rings. The van der Waals surface area contributed by atoms with Crippen molar-refractivity contribution in [1.29, 1.82) is 0 Å². The predicted molar refractivity (Wildman–Crippen MR) is 99.4 cm³/mol. The van der Waals surface area contributed by atoms with E-state index in [1.165, 1.54) is 42.6 Å². The van der Waals surface area contributed by atoms with Crippen LogP contribution in [0.2, 0.25) is 0 Å². The number of hydrogen-bond acceptors (Lipinski definition) is 4. The molecule has 1 aliphatic heterocycles. The van der Waals surface area contributed by atoms with Crippen LogP contribution in [-0.2, 0) is 4.79 Å². The van der Waals surface area contributed by atoms with E-state index in [2.05, 4.69) is 15.0 Å². The average Bonchev–Trinajstić information content (AvgIpc) is 2.73. The quantitative estimate of drug-likeness (QED) is 0.743. The third-order valence-corrected chi connectivity index (χ3v) is 4.63. The van der Waals surface area contributed by atoms with Crippen molar-refractivity contribution < 1.29 is 31.9 Å². The number of amides is 2. The zero-order chi connectivity index (χ0) is 21.7. The number of benzene rings is 1. The van der Waals surface area contributed by atoms with Crippen LogP contribution >= 0.6 is 0 Å². The number of nitrogens with one attached hydrogen (secondary N) is 1. The molecule has 2 heterocycles. The summed E-state index contributed by atoms with van der Waals surface area (Å²) in [4.78, 5) is 30.2. The molecule has 0 spiro atoms. The first kappa shape index (κ1) is 21.5. The van der Waals surface area contributed by atoms with Crippen molar-refractivity contribution in [2.75, 3.05) is 25.0 Å². The Morgan fingerprint density at radius 3 is 2.33 bits per heavy atom. The first-order valence-corrected chi connectivity index (χ1v) is 9.22. The van der Waals surface area contributed by atoms with Gasteiger partial charge in [0, 0.05) is 30.6 Å². The van der Waals surface area contributed by atoms with Gasteiger partial charge in [0.25, 0.3) is 5.91 Å². The van der Waals surface area contributed by atoms with Gasteiger partial charge in [-0.25, -0.2) is 9.37 Å². The van der Waals surface area contributed by atoms with Crippen LogP contribution in [0.3, 0.4) is 0 Å². The van der Waals surface area contributed by atoms with Gasteiger partial charge in [-0.15, -0.1) is 0 Å². The Hall–Kier alpha value is -3.17. The van der Waals surface area contributed by atoms with Crippen LogP contribution in [0.25, 0.3) is 0 Å². The third kappa shape index (κ3) is 5.91. The molecule has 2 aromatic rings. The van der Waals surface area contributed by atoms with E-state index in [0.29, 0.717) is 37.2 Å². The van der Waals surface area contributed by atoms with Crippen molar-refractivity contribution in [3.05, 3.63) is 54.0 Å². The van der Waals surface area contributed by atoms with E-state index in [1.807, 2.05) is 0 Å². The minimum Gasteiger partial charge on any atom is -0.468 e. The largest absolute Gasteiger partial charge is 0.468 e. The maximum absolute atomic E-state index is 13.0. The Bertz CT molecular complexity index is 878. The number of nitrogens with zero attached hydrogens (tertiary/aromatic N) is 2. The Labute approximate surface area is 169 Å². The first-order valence-electron chi connectivity index (χ1n) is 9.22. The van der Waals surface area contributed by atoms with Crippen LogP contribution in [0.4, 0.5) is 23.2 Å². The highest BCUT2D eigenvalue weighted by molar-refractivity contribution is 5.95. The van der Waals surface area contributed by atoms with Gasteiger partial charge in [-0.2, -0.15) is 13.2 Å². The summed E-state index contributed by atoms with van der Waals surface area (Å²) in [6, 6.07) is 7.94. The fourth-order valence-electron chi connectivity index (χ4n) is 3.06. The number of anilines is 1. The zero-order valence-corrected chi connectivity index (χ0v) is 15.8. The number of aromatic nitrogens is 1. The summed E-state index contributed by atoms with van der Waals surface area (Å²) < 4.78 is 53.9. The highest BCUT2D eigenvalue weighted by Gasteiger charge is 2.29. The summed E-state index contributed by atoms with van der Waals surface area (Å²) >= 11 is 0. The summed E-state index contributed by atoms with van der Waals surface area (Å²) in [6.45, 7) is -0.672. The van der Waals surface area contributed by atoms with Gasteiger partial charge in [-0.3, -0.25) is 9.59 Å². The van der Waals surface area contributed by atoms with Crippen molar-refractivity contribution in [3.63, 3.8) is 0 Å². The van der Waals surface area contributed by atoms with Gasteiger partial charge in [0.15, 0.2) is 6.61 Å². The van der Waals surface area contributed by atoms with Crippen molar-refractivity contribution in [3.8, 4) is 5.88 Å². The summed E-state index contributed by atoms with van der Waals surface area (Å²) in [6.07, 6.45) is -2.32. The second kappa shape index (κ2) is 9.10. The molecule has 1 saturated heterocycles. The third-order valence-electron chi connectivity index (χ3n) is 4.63. The molecule has 10 heteroatoms. The molecule has 1 aromatic heterocycles. The number of pyridine rings is 1. The summed E-state index contributed by atoms with van der Waals surface area (Å²) in [5.41, 5.74) is 0.724. The van der Waals surface area contributed by atoms with Gasteiger partial charge in [0.05, 0.1) is 11.9 Å². The van der Waals surface area contributed by atoms with Crippen molar-refractivity contribution >= 4 is 17.5 Å². The van der Waals surface area contributed by atoms with E-state index in [9.17, 15) is 27.2 Å². The maximum Gasteiger partial charge on any atom is 0.422 e. The molecule has 0 bridgehead atoms.